The van der Waals surface area contributed by atoms with Gasteiger partial charge < -0.3 is 15.2 Å². The molecule has 3 aromatic heterocycles. The Morgan fingerprint density at radius 3 is 3.04 bits per heavy atom. The predicted octanol–water partition coefficient (Wildman–Crippen LogP) is 3.24. The van der Waals surface area contributed by atoms with E-state index in [0.717, 1.165) is 24.4 Å². The number of carbonyl (C=O) groups excluding carboxylic acids is 1. The highest BCUT2D eigenvalue weighted by atomic mass is 35.5. The van der Waals surface area contributed by atoms with Gasteiger partial charge in [-0.25, -0.2) is 19.3 Å². The van der Waals surface area contributed by atoms with Crippen molar-refractivity contribution in [2.24, 2.45) is 0 Å². The van der Waals surface area contributed by atoms with Gasteiger partial charge in [0, 0.05) is 36.9 Å². The number of hydrogen-bond acceptors (Lipinski definition) is 5. The highest BCUT2D eigenvalue weighted by Crippen LogP contribution is 2.28. The summed E-state index contributed by atoms with van der Waals surface area (Å²) >= 11 is 6.03. The van der Waals surface area contributed by atoms with Crippen LogP contribution in [0.2, 0.25) is 5.02 Å². The third-order valence-corrected chi connectivity index (χ3v) is 4.91. The van der Waals surface area contributed by atoms with Crippen LogP contribution in [0.15, 0.2) is 24.7 Å². The molecule has 1 unspecified atom stereocenters. The molecule has 1 aliphatic heterocycles. The topological polar surface area (TPSA) is 86.8 Å². The second-order valence-electron chi connectivity index (χ2n) is 6.59. The monoisotopic (exact) mass is 388 g/mol. The van der Waals surface area contributed by atoms with Crippen LogP contribution in [0.3, 0.4) is 0 Å². The number of pyridine rings is 1. The Hall–Kier alpha value is -2.74. The Bertz CT molecular complexity index is 1010. The first-order valence-electron chi connectivity index (χ1n) is 8.70. The lowest BCUT2D eigenvalue weighted by atomic mass is 10.1. The number of carbonyl (C=O) groups is 1. The maximum atomic E-state index is 14.3. The van der Waals surface area contributed by atoms with Crippen molar-refractivity contribution in [3.8, 4) is 11.4 Å². The van der Waals surface area contributed by atoms with Gasteiger partial charge in [-0.05, 0) is 25.3 Å². The molecule has 9 heteroatoms. The molecular weight excluding hydrogens is 371 g/mol. The highest BCUT2D eigenvalue weighted by Gasteiger charge is 2.26. The zero-order valence-electron chi connectivity index (χ0n) is 14.7. The average Bonchev–Trinajstić information content (AvgIpc) is 3.00. The molecule has 7 nitrogen and oxygen atoms in total. The van der Waals surface area contributed by atoms with Crippen LogP contribution in [0, 0.1) is 5.82 Å². The summed E-state index contributed by atoms with van der Waals surface area (Å²) in [5.74, 6) is -0.328. The molecule has 0 saturated carbocycles. The molecule has 4 heterocycles. The Morgan fingerprint density at radius 1 is 1.33 bits per heavy atom. The number of amides is 1. The maximum Gasteiger partial charge on any atom is 0.244 e. The first-order chi connectivity index (χ1) is 13.0. The number of halogens is 2. The molecule has 27 heavy (non-hydrogen) atoms. The second kappa shape index (κ2) is 7.11. The Kier molecular flexibility index (Phi) is 4.65. The third-order valence-electron chi connectivity index (χ3n) is 4.70. The number of aromatic amines is 1. The lowest BCUT2D eigenvalue weighted by molar-refractivity contribution is -0.130. The van der Waals surface area contributed by atoms with Crippen molar-refractivity contribution in [3.05, 3.63) is 35.5 Å². The fourth-order valence-electron chi connectivity index (χ4n) is 3.26. The van der Waals surface area contributed by atoms with Crippen molar-refractivity contribution in [1.82, 2.24) is 24.8 Å². The van der Waals surface area contributed by atoms with Crippen molar-refractivity contribution < 1.29 is 9.18 Å². The lowest BCUT2D eigenvalue weighted by Gasteiger charge is -2.21. The van der Waals surface area contributed by atoms with Crippen molar-refractivity contribution in [2.45, 2.75) is 25.3 Å². The van der Waals surface area contributed by atoms with Crippen molar-refractivity contribution >= 4 is 34.4 Å². The van der Waals surface area contributed by atoms with Crippen molar-refractivity contribution in [2.75, 3.05) is 18.9 Å². The number of aromatic nitrogens is 4. The summed E-state index contributed by atoms with van der Waals surface area (Å²) in [6.07, 6.45) is 6.80. The van der Waals surface area contributed by atoms with Gasteiger partial charge >= 0.3 is 0 Å². The van der Waals surface area contributed by atoms with E-state index in [1.165, 1.54) is 6.20 Å². The summed E-state index contributed by atoms with van der Waals surface area (Å²) in [5, 5.41) is 4.19. The van der Waals surface area contributed by atoms with E-state index in [9.17, 15) is 9.18 Å². The van der Waals surface area contributed by atoms with Crippen molar-refractivity contribution in [3.63, 3.8) is 0 Å². The van der Waals surface area contributed by atoms with Crippen LogP contribution in [0.5, 0.6) is 0 Å². The van der Waals surface area contributed by atoms with Gasteiger partial charge in [0.2, 0.25) is 5.91 Å². The van der Waals surface area contributed by atoms with Gasteiger partial charge in [-0.2, -0.15) is 0 Å². The molecule has 1 amide bonds. The zero-order chi connectivity index (χ0) is 19.0. The molecule has 1 saturated heterocycles. The first-order valence-corrected chi connectivity index (χ1v) is 9.08. The van der Waals surface area contributed by atoms with Crippen LogP contribution < -0.4 is 5.32 Å². The number of fused-ring (bicyclic) bond motifs is 1. The molecule has 0 bridgehead atoms. The van der Waals surface area contributed by atoms with E-state index < -0.39 is 11.9 Å². The molecule has 0 radical (unpaired) electrons. The fraction of sp³-hybridized carbons (Fsp3) is 0.333. The molecule has 4 rings (SSSR count). The number of likely N-dealkylation sites (tertiary alicyclic amines) is 1. The fourth-order valence-corrected chi connectivity index (χ4v) is 3.41. The number of hydrogen-bond donors (Lipinski definition) is 2. The van der Waals surface area contributed by atoms with Gasteiger partial charge in [-0.1, -0.05) is 11.6 Å². The van der Waals surface area contributed by atoms with Crippen LogP contribution in [0.1, 0.15) is 19.3 Å². The van der Waals surface area contributed by atoms with E-state index in [0.29, 0.717) is 35.0 Å². The van der Waals surface area contributed by atoms with Crippen molar-refractivity contribution in [1.29, 1.82) is 0 Å². The predicted molar refractivity (Wildman–Crippen MR) is 101 cm³/mol. The molecule has 140 valence electrons. The van der Waals surface area contributed by atoms with Gasteiger partial charge in [-0.15, -0.1) is 0 Å². The molecule has 0 aromatic carbocycles. The smallest absolute Gasteiger partial charge is 0.244 e. The molecule has 1 atom stereocenters. The number of nitrogens with zero attached hydrogens (tertiary/aromatic N) is 4. The third kappa shape index (κ3) is 3.44. The number of rotatable bonds is 3. The maximum absolute atomic E-state index is 14.3. The van der Waals surface area contributed by atoms with E-state index in [1.54, 1.807) is 24.2 Å². The average molecular weight is 389 g/mol. The van der Waals surface area contributed by atoms with Crippen LogP contribution >= 0.6 is 11.6 Å². The summed E-state index contributed by atoms with van der Waals surface area (Å²) in [5.41, 5.74) is 1.30. The van der Waals surface area contributed by atoms with Crippen LogP contribution in [-0.4, -0.2) is 50.4 Å². The molecular formula is C18H18ClFN6O. The number of likely N-dealkylation sites (N-methyl/N-ethyl adjacent to an activating group) is 1. The molecule has 3 aromatic rings. The number of nitrogens with one attached hydrogen (secondary N) is 2. The molecule has 1 fully saturated rings. The molecule has 1 aliphatic rings. The normalized spacial score (nSPS) is 18.0. The lowest BCUT2D eigenvalue weighted by Crippen LogP contribution is -2.39. The Balaban J connectivity index is 1.69. The molecule has 2 N–H and O–H groups in total. The quantitative estimate of drug-likeness (QED) is 0.719. The minimum atomic E-state index is -0.602. The summed E-state index contributed by atoms with van der Waals surface area (Å²) in [6.45, 7) is 0.706. The summed E-state index contributed by atoms with van der Waals surface area (Å²) < 4.78 is 14.3. The van der Waals surface area contributed by atoms with E-state index in [2.05, 4.69) is 25.3 Å². The minimum absolute atomic E-state index is 0.0120. The van der Waals surface area contributed by atoms with Gasteiger partial charge in [0.05, 0.1) is 11.2 Å². The summed E-state index contributed by atoms with van der Waals surface area (Å²) in [4.78, 5) is 29.8. The number of H-pyrrole nitrogens is 1. The van der Waals surface area contributed by atoms with E-state index in [1.807, 2.05) is 0 Å². The van der Waals surface area contributed by atoms with E-state index in [4.69, 9.17) is 11.6 Å². The Morgan fingerprint density at radius 2 is 2.19 bits per heavy atom. The Labute approximate surface area is 160 Å². The first kappa shape index (κ1) is 17.7. The van der Waals surface area contributed by atoms with E-state index in [-0.39, 0.29) is 11.7 Å². The molecule has 0 spiro atoms. The van der Waals surface area contributed by atoms with Gasteiger partial charge in [0.1, 0.15) is 11.7 Å². The summed E-state index contributed by atoms with van der Waals surface area (Å²) in [7, 11) is 1.76. The SMILES string of the molecule is CN1CCCCC(Nc2nc(-c3c[nH]c4ncc(Cl)cc34)ncc2F)C1=O. The van der Waals surface area contributed by atoms with E-state index >= 15 is 0 Å². The van der Waals surface area contributed by atoms with Gasteiger partial charge in [-0.3, -0.25) is 4.79 Å². The highest BCUT2D eigenvalue weighted by molar-refractivity contribution is 6.31. The van der Waals surface area contributed by atoms with Gasteiger partial charge in [0.15, 0.2) is 17.5 Å². The van der Waals surface area contributed by atoms with Crippen LogP contribution in [0.25, 0.3) is 22.4 Å². The second-order valence-corrected chi connectivity index (χ2v) is 7.03. The number of anilines is 1. The summed E-state index contributed by atoms with van der Waals surface area (Å²) in [6, 6.07) is 1.24. The molecule has 0 aliphatic carbocycles. The van der Waals surface area contributed by atoms with Crippen LogP contribution in [0.4, 0.5) is 10.2 Å². The largest absolute Gasteiger partial charge is 0.356 e. The van der Waals surface area contributed by atoms with Crippen LogP contribution in [-0.2, 0) is 4.79 Å². The van der Waals surface area contributed by atoms with Gasteiger partial charge in [0.25, 0.3) is 0 Å². The standard InChI is InChI=1S/C18H18ClFN6O/c1-26-5-3-2-4-14(18(26)27)24-17-13(20)9-23-16(25-17)12-8-22-15-11(12)6-10(19)7-21-15/h6-9,14H,2-5H2,1H3,(H,21,22)(H,23,24,25). The zero-order valence-corrected chi connectivity index (χ0v) is 15.4. The minimum Gasteiger partial charge on any atom is -0.356 e.